The van der Waals surface area contributed by atoms with Crippen molar-refractivity contribution in [1.29, 1.82) is 0 Å². The molecular weight excluding hydrogens is 188 g/mol. The molecule has 2 fully saturated rings. The van der Waals surface area contributed by atoms with Crippen LogP contribution < -0.4 is 5.32 Å². The van der Waals surface area contributed by atoms with E-state index < -0.39 is 0 Å². The molecule has 0 amide bonds. The fourth-order valence-electron chi connectivity index (χ4n) is 2.67. The molecule has 2 aliphatic heterocycles. The molecule has 88 valence electrons. The van der Waals surface area contributed by atoms with Gasteiger partial charge in [-0.25, -0.2) is 0 Å². The number of ether oxygens (including phenoxy) is 1. The molecule has 2 aliphatic rings. The van der Waals surface area contributed by atoms with Gasteiger partial charge in [0, 0.05) is 38.3 Å². The predicted octanol–water partition coefficient (Wildman–Crippen LogP) is 1.24. The van der Waals surface area contributed by atoms with Crippen LogP contribution in [0.5, 0.6) is 0 Å². The number of hydrogen-bond donors (Lipinski definition) is 1. The highest BCUT2D eigenvalue weighted by molar-refractivity contribution is 4.80. The number of hydrogen-bond acceptors (Lipinski definition) is 3. The molecule has 0 aliphatic carbocycles. The first-order valence-electron chi connectivity index (χ1n) is 6.45. The van der Waals surface area contributed by atoms with Crippen molar-refractivity contribution in [2.24, 2.45) is 0 Å². The van der Waals surface area contributed by atoms with Crippen LogP contribution in [0.4, 0.5) is 0 Å². The number of nitrogens with zero attached hydrogens (tertiary/aromatic N) is 1. The van der Waals surface area contributed by atoms with Gasteiger partial charge in [0.1, 0.15) is 0 Å². The third kappa shape index (κ3) is 3.16. The molecule has 0 spiro atoms. The summed E-state index contributed by atoms with van der Waals surface area (Å²) in [6.45, 7) is 7.80. The lowest BCUT2D eigenvalue weighted by Crippen LogP contribution is -2.42. The molecule has 0 radical (unpaired) electrons. The third-order valence-electron chi connectivity index (χ3n) is 3.74. The first kappa shape index (κ1) is 11.4. The Bertz CT molecular complexity index is 180. The average Bonchev–Trinajstić information content (AvgIpc) is 2.55. The second kappa shape index (κ2) is 5.83. The van der Waals surface area contributed by atoms with E-state index in [1.165, 1.54) is 38.8 Å². The van der Waals surface area contributed by atoms with E-state index in [0.29, 0.717) is 6.04 Å². The number of rotatable bonds is 2. The van der Waals surface area contributed by atoms with E-state index in [4.69, 9.17) is 4.74 Å². The van der Waals surface area contributed by atoms with E-state index in [-0.39, 0.29) is 0 Å². The minimum Gasteiger partial charge on any atom is -0.380 e. The molecule has 0 aromatic heterocycles. The summed E-state index contributed by atoms with van der Waals surface area (Å²) in [5.74, 6) is 0. The molecule has 2 saturated heterocycles. The Labute approximate surface area is 93.2 Å². The maximum absolute atomic E-state index is 5.57. The second-order valence-electron chi connectivity index (χ2n) is 4.75. The van der Waals surface area contributed by atoms with Crippen molar-refractivity contribution < 1.29 is 4.74 Å². The molecule has 3 heteroatoms. The third-order valence-corrected chi connectivity index (χ3v) is 3.74. The van der Waals surface area contributed by atoms with Crippen LogP contribution in [0, 0.1) is 0 Å². The summed E-state index contributed by atoms with van der Waals surface area (Å²) in [6.07, 6.45) is 5.13. The van der Waals surface area contributed by atoms with E-state index in [9.17, 15) is 0 Å². The van der Waals surface area contributed by atoms with Crippen molar-refractivity contribution in [3.63, 3.8) is 0 Å². The summed E-state index contributed by atoms with van der Waals surface area (Å²) < 4.78 is 5.57. The van der Waals surface area contributed by atoms with Gasteiger partial charge in [0.25, 0.3) is 0 Å². The Hall–Kier alpha value is -0.120. The lowest BCUT2D eigenvalue weighted by molar-refractivity contribution is 0.0200. The van der Waals surface area contributed by atoms with Gasteiger partial charge in [0.2, 0.25) is 0 Å². The zero-order valence-electron chi connectivity index (χ0n) is 9.87. The van der Waals surface area contributed by atoms with Crippen molar-refractivity contribution in [1.82, 2.24) is 10.2 Å². The van der Waals surface area contributed by atoms with Crippen molar-refractivity contribution in [3.05, 3.63) is 0 Å². The lowest BCUT2D eigenvalue weighted by atomic mass is 10.1. The van der Waals surface area contributed by atoms with Crippen LogP contribution in [0.2, 0.25) is 0 Å². The van der Waals surface area contributed by atoms with E-state index in [1.807, 2.05) is 0 Å². The van der Waals surface area contributed by atoms with Crippen LogP contribution in [-0.2, 0) is 4.74 Å². The van der Waals surface area contributed by atoms with Crippen LogP contribution in [0.25, 0.3) is 0 Å². The first-order chi connectivity index (χ1) is 7.40. The quantitative estimate of drug-likeness (QED) is 0.745. The van der Waals surface area contributed by atoms with Gasteiger partial charge in [0.05, 0.1) is 6.61 Å². The molecule has 0 aromatic carbocycles. The van der Waals surface area contributed by atoms with Gasteiger partial charge in [-0.05, 0) is 25.7 Å². The fourth-order valence-corrected chi connectivity index (χ4v) is 2.67. The topological polar surface area (TPSA) is 24.5 Å². The van der Waals surface area contributed by atoms with Crippen LogP contribution in [0.1, 0.15) is 32.6 Å². The largest absolute Gasteiger partial charge is 0.380 e. The summed E-state index contributed by atoms with van der Waals surface area (Å²) in [4.78, 5) is 2.63. The standard InChI is InChI=1S/C12H24N2O/c1-2-11-5-7-14(8-6-13-11)12-4-3-9-15-10-12/h11-13H,2-10H2,1H3. The molecule has 0 bridgehead atoms. The SMILES string of the molecule is CCC1CCN(C2CCCOC2)CCN1. The van der Waals surface area contributed by atoms with E-state index in [2.05, 4.69) is 17.1 Å². The normalized spacial score (nSPS) is 35.0. The molecule has 0 saturated carbocycles. The minimum absolute atomic E-state index is 0.691. The van der Waals surface area contributed by atoms with Crippen LogP contribution in [0.3, 0.4) is 0 Å². The summed E-state index contributed by atoms with van der Waals surface area (Å²) in [5, 5.41) is 3.62. The maximum atomic E-state index is 5.57. The van der Waals surface area contributed by atoms with Crippen molar-refractivity contribution in [3.8, 4) is 0 Å². The monoisotopic (exact) mass is 212 g/mol. The van der Waals surface area contributed by atoms with Gasteiger partial charge in [-0.3, -0.25) is 4.90 Å². The molecule has 15 heavy (non-hydrogen) atoms. The minimum atomic E-state index is 0.691. The average molecular weight is 212 g/mol. The zero-order chi connectivity index (χ0) is 10.5. The molecule has 0 aromatic rings. The van der Waals surface area contributed by atoms with Crippen LogP contribution in [0.15, 0.2) is 0 Å². The highest BCUT2D eigenvalue weighted by Gasteiger charge is 2.23. The zero-order valence-corrected chi connectivity index (χ0v) is 9.87. The van der Waals surface area contributed by atoms with Crippen LogP contribution in [-0.4, -0.2) is 49.8 Å². The van der Waals surface area contributed by atoms with Gasteiger partial charge in [-0.2, -0.15) is 0 Å². The second-order valence-corrected chi connectivity index (χ2v) is 4.75. The van der Waals surface area contributed by atoms with Gasteiger partial charge < -0.3 is 10.1 Å². The van der Waals surface area contributed by atoms with Gasteiger partial charge in [0.15, 0.2) is 0 Å². The van der Waals surface area contributed by atoms with E-state index in [1.54, 1.807) is 0 Å². The summed E-state index contributed by atoms with van der Waals surface area (Å²) in [7, 11) is 0. The molecule has 1 N–H and O–H groups in total. The smallest absolute Gasteiger partial charge is 0.0621 e. The van der Waals surface area contributed by atoms with Crippen molar-refractivity contribution in [2.75, 3.05) is 32.8 Å². The fraction of sp³-hybridized carbons (Fsp3) is 1.00. The Balaban J connectivity index is 1.81. The molecule has 3 nitrogen and oxygen atoms in total. The van der Waals surface area contributed by atoms with Gasteiger partial charge in [-0.1, -0.05) is 6.92 Å². The highest BCUT2D eigenvalue weighted by atomic mass is 16.5. The Morgan fingerprint density at radius 3 is 3.00 bits per heavy atom. The Kier molecular flexibility index (Phi) is 4.42. The van der Waals surface area contributed by atoms with E-state index >= 15 is 0 Å². The summed E-state index contributed by atoms with van der Waals surface area (Å²) in [6, 6.07) is 1.43. The molecule has 2 unspecified atom stereocenters. The Morgan fingerprint density at radius 2 is 2.27 bits per heavy atom. The van der Waals surface area contributed by atoms with Crippen molar-refractivity contribution >= 4 is 0 Å². The lowest BCUT2D eigenvalue weighted by Gasteiger charge is -2.33. The molecule has 2 rings (SSSR count). The van der Waals surface area contributed by atoms with Gasteiger partial charge in [-0.15, -0.1) is 0 Å². The van der Waals surface area contributed by atoms with E-state index in [0.717, 1.165) is 25.8 Å². The maximum Gasteiger partial charge on any atom is 0.0621 e. The van der Waals surface area contributed by atoms with Gasteiger partial charge >= 0.3 is 0 Å². The van der Waals surface area contributed by atoms with Crippen LogP contribution >= 0.6 is 0 Å². The Morgan fingerprint density at radius 1 is 1.33 bits per heavy atom. The number of nitrogens with one attached hydrogen (secondary N) is 1. The van der Waals surface area contributed by atoms with Crippen molar-refractivity contribution in [2.45, 2.75) is 44.7 Å². The molecule has 2 heterocycles. The first-order valence-corrected chi connectivity index (χ1v) is 6.45. The molecule has 2 atom stereocenters. The predicted molar refractivity (Wildman–Crippen MR) is 62.1 cm³/mol. The highest BCUT2D eigenvalue weighted by Crippen LogP contribution is 2.15. The summed E-state index contributed by atoms with van der Waals surface area (Å²) >= 11 is 0. The molecular formula is C12H24N2O. The summed E-state index contributed by atoms with van der Waals surface area (Å²) in [5.41, 5.74) is 0.